The van der Waals surface area contributed by atoms with Crippen molar-refractivity contribution in [2.75, 3.05) is 6.61 Å². The van der Waals surface area contributed by atoms with Crippen molar-refractivity contribution in [1.82, 2.24) is 0 Å². The fraction of sp³-hybridized carbons (Fsp3) is 0.500. The van der Waals surface area contributed by atoms with Crippen LogP contribution in [0.4, 0.5) is 0 Å². The smallest absolute Gasteiger partial charge is 0.312 e. The van der Waals surface area contributed by atoms with Crippen molar-refractivity contribution in [3.8, 4) is 0 Å². The van der Waals surface area contributed by atoms with Crippen LogP contribution in [-0.2, 0) is 14.3 Å². The molecular weight excluding hydrogens is 216 g/mol. The van der Waals surface area contributed by atoms with Crippen LogP contribution in [-0.4, -0.2) is 18.7 Å². The minimum absolute atomic E-state index is 0.106. The van der Waals surface area contributed by atoms with Gasteiger partial charge in [0.1, 0.15) is 0 Å². The van der Waals surface area contributed by atoms with Gasteiger partial charge in [0, 0.05) is 0 Å². The van der Waals surface area contributed by atoms with Crippen molar-refractivity contribution in [3.05, 3.63) is 35.9 Å². The summed E-state index contributed by atoms with van der Waals surface area (Å²) in [5.41, 5.74) is 1.05. The molecule has 92 valence electrons. The molecule has 0 N–H and O–H groups in total. The van der Waals surface area contributed by atoms with Gasteiger partial charge in [-0.15, -0.1) is 0 Å². The summed E-state index contributed by atoms with van der Waals surface area (Å²) < 4.78 is 10.9. The number of ether oxygens (including phenoxy) is 2. The van der Waals surface area contributed by atoms with E-state index in [9.17, 15) is 4.79 Å². The Bertz CT molecular complexity index is 374. The van der Waals surface area contributed by atoms with Gasteiger partial charge in [0.2, 0.25) is 0 Å². The average molecular weight is 234 g/mol. The molecule has 0 radical (unpaired) electrons. The van der Waals surface area contributed by atoms with Crippen LogP contribution >= 0.6 is 0 Å². The van der Waals surface area contributed by atoms with E-state index < -0.39 is 0 Å². The maximum absolute atomic E-state index is 11.9. The molecule has 1 aliphatic heterocycles. The van der Waals surface area contributed by atoms with Crippen molar-refractivity contribution in [1.29, 1.82) is 0 Å². The highest BCUT2D eigenvalue weighted by Gasteiger charge is 2.39. The van der Waals surface area contributed by atoms with Crippen molar-refractivity contribution in [2.45, 2.75) is 32.5 Å². The van der Waals surface area contributed by atoms with E-state index in [2.05, 4.69) is 0 Å². The molecule has 2 rings (SSSR count). The second kappa shape index (κ2) is 5.32. The Morgan fingerprint density at radius 3 is 2.76 bits per heavy atom. The molecular formula is C14H18O3. The molecule has 0 aromatic heterocycles. The van der Waals surface area contributed by atoms with Crippen LogP contribution in [0.2, 0.25) is 0 Å². The first-order chi connectivity index (χ1) is 8.22. The minimum Gasteiger partial charge on any atom is -0.466 e. The van der Waals surface area contributed by atoms with E-state index >= 15 is 0 Å². The summed E-state index contributed by atoms with van der Waals surface area (Å²) in [6, 6.07) is 9.87. The largest absolute Gasteiger partial charge is 0.466 e. The van der Waals surface area contributed by atoms with Crippen molar-refractivity contribution >= 4 is 5.97 Å². The molecule has 0 bridgehead atoms. The molecule has 1 saturated heterocycles. The topological polar surface area (TPSA) is 35.5 Å². The number of carbonyl (C=O) groups is 1. The Labute approximate surface area is 102 Å². The zero-order chi connectivity index (χ0) is 12.3. The van der Waals surface area contributed by atoms with Crippen LogP contribution in [0, 0.1) is 5.92 Å². The van der Waals surface area contributed by atoms with Gasteiger partial charge < -0.3 is 9.47 Å². The second-order valence-electron chi connectivity index (χ2n) is 4.37. The number of benzene rings is 1. The van der Waals surface area contributed by atoms with Gasteiger partial charge in [-0.25, -0.2) is 0 Å². The molecule has 3 atom stereocenters. The highest BCUT2D eigenvalue weighted by Crippen LogP contribution is 2.38. The van der Waals surface area contributed by atoms with E-state index in [4.69, 9.17) is 9.47 Å². The van der Waals surface area contributed by atoms with Crippen LogP contribution < -0.4 is 0 Å². The predicted molar refractivity (Wildman–Crippen MR) is 64.5 cm³/mol. The third-order valence-electron chi connectivity index (χ3n) is 3.05. The molecule has 0 unspecified atom stereocenters. The van der Waals surface area contributed by atoms with Gasteiger partial charge in [0.15, 0.2) is 0 Å². The molecule has 3 heteroatoms. The average Bonchev–Trinajstić information content (AvgIpc) is 2.73. The third kappa shape index (κ3) is 2.67. The standard InChI is InChI=1S/C14H18O3/c1-3-16-14(15)12-9-10(2)17-13(12)11-7-5-4-6-8-11/h4-8,10,12-13H,3,9H2,1-2H3/t10-,12-,13+/m1/s1. The Morgan fingerprint density at radius 1 is 1.41 bits per heavy atom. The van der Waals surface area contributed by atoms with Crippen molar-refractivity contribution in [2.24, 2.45) is 5.92 Å². The van der Waals surface area contributed by atoms with Crippen LogP contribution in [0.1, 0.15) is 31.9 Å². The molecule has 1 aliphatic rings. The van der Waals surface area contributed by atoms with Crippen LogP contribution in [0.15, 0.2) is 30.3 Å². The lowest BCUT2D eigenvalue weighted by Gasteiger charge is -2.17. The lowest BCUT2D eigenvalue weighted by molar-refractivity contribution is -0.150. The van der Waals surface area contributed by atoms with Gasteiger partial charge in [-0.3, -0.25) is 4.79 Å². The van der Waals surface area contributed by atoms with E-state index in [1.807, 2.05) is 44.2 Å². The van der Waals surface area contributed by atoms with Gasteiger partial charge >= 0.3 is 5.97 Å². The number of rotatable bonds is 3. The van der Waals surface area contributed by atoms with Gasteiger partial charge in [0.25, 0.3) is 0 Å². The molecule has 0 saturated carbocycles. The molecule has 0 aliphatic carbocycles. The number of esters is 1. The molecule has 1 heterocycles. The predicted octanol–water partition coefficient (Wildman–Crippen LogP) is 2.72. The van der Waals surface area contributed by atoms with Crippen molar-refractivity contribution < 1.29 is 14.3 Å². The molecule has 1 aromatic carbocycles. The molecule has 0 amide bonds. The fourth-order valence-electron chi connectivity index (χ4n) is 2.30. The van der Waals surface area contributed by atoms with E-state index in [-0.39, 0.29) is 24.1 Å². The van der Waals surface area contributed by atoms with Gasteiger partial charge in [-0.2, -0.15) is 0 Å². The first kappa shape index (κ1) is 12.1. The van der Waals surface area contributed by atoms with Crippen LogP contribution in [0.3, 0.4) is 0 Å². The SMILES string of the molecule is CCOC(=O)[C@@H]1C[C@@H](C)O[C@H]1c1ccccc1. The monoisotopic (exact) mass is 234 g/mol. The van der Waals surface area contributed by atoms with Crippen LogP contribution in [0.25, 0.3) is 0 Å². The Morgan fingerprint density at radius 2 is 2.12 bits per heavy atom. The summed E-state index contributed by atoms with van der Waals surface area (Å²) in [6.45, 7) is 4.25. The summed E-state index contributed by atoms with van der Waals surface area (Å²) in [6.07, 6.45) is 0.679. The second-order valence-corrected chi connectivity index (χ2v) is 4.37. The zero-order valence-electron chi connectivity index (χ0n) is 10.3. The first-order valence-corrected chi connectivity index (χ1v) is 6.09. The van der Waals surface area contributed by atoms with E-state index in [1.165, 1.54) is 0 Å². The van der Waals surface area contributed by atoms with E-state index in [0.717, 1.165) is 12.0 Å². The maximum Gasteiger partial charge on any atom is 0.312 e. The summed E-state index contributed by atoms with van der Waals surface area (Å²) in [5.74, 6) is -0.321. The first-order valence-electron chi connectivity index (χ1n) is 6.09. The Hall–Kier alpha value is -1.35. The fourth-order valence-corrected chi connectivity index (χ4v) is 2.30. The maximum atomic E-state index is 11.9. The molecule has 1 aromatic rings. The highest BCUT2D eigenvalue weighted by atomic mass is 16.5. The summed E-state index contributed by atoms with van der Waals surface area (Å²) in [7, 11) is 0. The summed E-state index contributed by atoms with van der Waals surface area (Å²) >= 11 is 0. The molecule has 0 spiro atoms. The van der Waals surface area contributed by atoms with Gasteiger partial charge in [-0.1, -0.05) is 30.3 Å². The minimum atomic E-state index is -0.174. The Balaban J connectivity index is 2.17. The lowest BCUT2D eigenvalue weighted by atomic mass is 9.94. The van der Waals surface area contributed by atoms with Gasteiger partial charge in [0.05, 0.1) is 24.7 Å². The Kier molecular flexibility index (Phi) is 3.79. The number of carbonyl (C=O) groups excluding carboxylic acids is 1. The van der Waals surface area contributed by atoms with E-state index in [0.29, 0.717) is 6.61 Å². The lowest BCUT2D eigenvalue weighted by Crippen LogP contribution is -2.20. The summed E-state index contributed by atoms with van der Waals surface area (Å²) in [4.78, 5) is 11.9. The highest BCUT2D eigenvalue weighted by molar-refractivity contribution is 5.73. The van der Waals surface area contributed by atoms with E-state index in [1.54, 1.807) is 0 Å². The number of hydrogen-bond acceptors (Lipinski definition) is 3. The number of hydrogen-bond donors (Lipinski definition) is 0. The molecule has 17 heavy (non-hydrogen) atoms. The zero-order valence-corrected chi connectivity index (χ0v) is 10.3. The molecule has 3 nitrogen and oxygen atoms in total. The van der Waals surface area contributed by atoms with Gasteiger partial charge in [-0.05, 0) is 25.8 Å². The third-order valence-corrected chi connectivity index (χ3v) is 3.05. The van der Waals surface area contributed by atoms with Crippen LogP contribution in [0.5, 0.6) is 0 Å². The summed E-state index contributed by atoms with van der Waals surface area (Å²) in [5, 5.41) is 0. The quantitative estimate of drug-likeness (QED) is 0.754. The van der Waals surface area contributed by atoms with Crippen molar-refractivity contribution in [3.63, 3.8) is 0 Å². The molecule has 1 fully saturated rings. The normalized spacial score (nSPS) is 28.0.